The zero-order valence-corrected chi connectivity index (χ0v) is 41.8. The molecule has 0 N–H and O–H groups in total. The van der Waals surface area contributed by atoms with Crippen molar-refractivity contribution in [2.24, 2.45) is 16.7 Å². The van der Waals surface area contributed by atoms with Gasteiger partial charge in [-0.15, -0.1) is 0 Å². The second-order valence-corrected chi connectivity index (χ2v) is 24.1. The molecule has 2 aliphatic carbocycles. The number of fused-ring (bicyclic) bond motifs is 2. The molecule has 9 rings (SSSR count). The molecule has 0 heterocycles. The molecule has 2 fully saturated rings. The number of ketones is 1. The van der Waals surface area contributed by atoms with Gasteiger partial charge < -0.3 is 9.11 Å². The van der Waals surface area contributed by atoms with Gasteiger partial charge in [0.25, 0.3) is 0 Å². The minimum absolute atomic E-state index is 0.0229. The Kier molecular flexibility index (Phi) is 17.3. The van der Waals surface area contributed by atoms with Gasteiger partial charge in [-0.1, -0.05) is 134 Å². The highest BCUT2D eigenvalue weighted by Gasteiger charge is 2.64. The van der Waals surface area contributed by atoms with Crippen LogP contribution in [0.5, 0.6) is 0 Å². The number of hydrogen-bond acceptors (Lipinski definition) is 7. The van der Waals surface area contributed by atoms with Crippen LogP contribution in [-0.4, -0.2) is 37.5 Å². The Morgan fingerprint density at radius 2 is 0.870 bits per heavy atom. The first kappa shape index (κ1) is 52.9. The van der Waals surface area contributed by atoms with Gasteiger partial charge in [-0.05, 0) is 123 Å². The lowest BCUT2D eigenvalue weighted by Crippen LogP contribution is -2.42. The number of alkyl halides is 3. The van der Waals surface area contributed by atoms with Gasteiger partial charge in [0.15, 0.2) is 29.4 Å². The van der Waals surface area contributed by atoms with Gasteiger partial charge in [-0.2, -0.15) is 13.2 Å². The Labute approximate surface area is 410 Å². The number of carbonyl (C=O) groups excluding carboxylic acids is 1. The van der Waals surface area contributed by atoms with Gasteiger partial charge >= 0.3 is 6.18 Å². The number of hydrogen-bond donors (Lipinski definition) is 0. The first-order valence-electron chi connectivity index (χ1n) is 22.0. The van der Waals surface area contributed by atoms with E-state index in [-0.39, 0.29) is 38.9 Å². The van der Waals surface area contributed by atoms with Gasteiger partial charge in [0.05, 0.1) is 48.1 Å². The third kappa shape index (κ3) is 13.4. The van der Waals surface area contributed by atoms with Crippen LogP contribution in [-0.2, 0) is 53.0 Å². The number of Topliss-reactive ketones (excluding diaryl/α,β-unsaturated/α-hetero) is 1. The molecule has 0 aromatic heterocycles. The van der Waals surface area contributed by atoms with Crippen LogP contribution in [0.15, 0.2) is 228 Å². The molecule has 7 nitrogen and oxygen atoms in total. The van der Waals surface area contributed by atoms with E-state index < -0.39 is 48.0 Å². The minimum Gasteiger partial charge on any atom is -0.748 e. The average Bonchev–Trinajstić information content (AvgIpc) is 3.66. The van der Waals surface area contributed by atoms with Crippen LogP contribution in [0, 0.1) is 30.6 Å². The van der Waals surface area contributed by atoms with E-state index in [0.29, 0.717) is 25.0 Å². The van der Waals surface area contributed by atoms with Crippen LogP contribution < -0.4 is 0 Å². The number of halogens is 3. The highest BCUT2D eigenvalue weighted by molar-refractivity contribution is 7.97. The third-order valence-electron chi connectivity index (χ3n) is 12.5. The second-order valence-electron chi connectivity index (χ2n) is 17.3. The van der Waals surface area contributed by atoms with E-state index in [1.54, 1.807) is 0 Å². The molecule has 2 saturated carbocycles. The molecule has 2 atom stereocenters. The minimum atomic E-state index is -5.09. The van der Waals surface area contributed by atoms with Gasteiger partial charge in [-0.3, -0.25) is 4.79 Å². The van der Waals surface area contributed by atoms with Gasteiger partial charge in [0.2, 0.25) is 0 Å². The fourth-order valence-electron chi connectivity index (χ4n) is 8.72. The van der Waals surface area contributed by atoms with E-state index in [1.165, 1.54) is 40.5 Å². The summed E-state index contributed by atoms with van der Waals surface area (Å²) in [7, 11) is -9.46. The molecule has 0 spiro atoms. The normalized spacial score (nSPS) is 17.2. The summed E-state index contributed by atoms with van der Waals surface area (Å²) < 4.78 is 101. The predicted octanol–water partition coefficient (Wildman–Crippen LogP) is 12.7. The van der Waals surface area contributed by atoms with Crippen molar-refractivity contribution in [1.82, 2.24) is 0 Å². The van der Waals surface area contributed by atoms with E-state index in [0.717, 1.165) is 18.6 Å². The maximum absolute atomic E-state index is 12.2. The molecule has 2 aliphatic rings. The maximum Gasteiger partial charge on any atom is 0.417 e. The molecule has 0 saturated heterocycles. The summed E-state index contributed by atoms with van der Waals surface area (Å²) in [5.74, 6) is -0.280. The van der Waals surface area contributed by atoms with E-state index in [4.69, 9.17) is 0 Å². The van der Waals surface area contributed by atoms with Crippen LogP contribution in [0.3, 0.4) is 0 Å². The monoisotopic (exact) mass is 1010 g/mol. The van der Waals surface area contributed by atoms with Crippen molar-refractivity contribution in [3.05, 3.63) is 211 Å². The van der Waals surface area contributed by atoms with Crippen molar-refractivity contribution in [3.63, 3.8) is 0 Å². The summed E-state index contributed by atoms with van der Waals surface area (Å²) in [6.07, 6.45) is -2.96. The lowest BCUT2D eigenvalue weighted by atomic mass is 9.70. The van der Waals surface area contributed by atoms with Crippen molar-refractivity contribution < 1.29 is 43.9 Å². The van der Waals surface area contributed by atoms with Crippen molar-refractivity contribution >= 4 is 47.8 Å². The molecular weight excluding hydrogens is 958 g/mol. The van der Waals surface area contributed by atoms with Crippen molar-refractivity contribution in [2.75, 3.05) is 5.75 Å². The lowest BCUT2D eigenvalue weighted by molar-refractivity contribution is -0.140. The number of carbonyl (C=O) groups is 1. The topological polar surface area (TPSA) is 131 Å². The first-order valence-corrected chi connectivity index (χ1v) is 27.5. The molecular formula is C55H53F3O7S4. The first-order chi connectivity index (χ1) is 32.6. The highest BCUT2D eigenvalue weighted by atomic mass is 32.2. The zero-order valence-electron chi connectivity index (χ0n) is 38.5. The quantitative estimate of drug-likeness (QED) is 0.104. The Hall–Kier alpha value is -5.48. The van der Waals surface area contributed by atoms with E-state index in [2.05, 4.69) is 184 Å². The molecule has 2 unspecified atom stereocenters. The van der Waals surface area contributed by atoms with E-state index in [9.17, 15) is 43.9 Å². The Morgan fingerprint density at radius 1 is 0.536 bits per heavy atom. The molecule has 0 amide bonds. The standard InChI is InChI=1S/2C19H17S.C10H16O4S.C7H5F3O3S/c2*1-16-12-14-19(15-13-16)20(17-8-4-2-5-9-17)18-10-6-3-7-11-18;1-9(2)7-3-4-10(9,8(11)5-7)6-15(12,13)14;8-7(9,10)5-3-1-2-4-6(5)14(11,12)13/h2*2-15H,1H3;7H,3-6H2,1-2H3,(H,12,13,14);1-4H,(H,11,12,13)/q2*+1;;/p-2. The molecule has 2 bridgehead atoms. The molecule has 7 aromatic rings. The lowest BCUT2D eigenvalue weighted by Gasteiger charge is -2.37. The summed E-state index contributed by atoms with van der Waals surface area (Å²) in [5.41, 5.74) is -0.0494. The summed E-state index contributed by atoms with van der Waals surface area (Å²) in [5, 5.41) is 0. The van der Waals surface area contributed by atoms with Crippen LogP contribution in [0.4, 0.5) is 13.2 Å². The molecule has 14 heteroatoms. The second kappa shape index (κ2) is 22.5. The number of benzene rings is 7. The van der Waals surface area contributed by atoms with E-state index >= 15 is 0 Å². The van der Waals surface area contributed by atoms with E-state index in [1.807, 2.05) is 13.8 Å². The largest absolute Gasteiger partial charge is 0.748 e. The maximum atomic E-state index is 12.2. The van der Waals surface area contributed by atoms with Gasteiger partial charge in [0, 0.05) is 11.8 Å². The molecule has 7 aromatic carbocycles. The summed E-state index contributed by atoms with van der Waals surface area (Å²) in [6, 6.07) is 64.0. The fourth-order valence-corrected chi connectivity index (χ4v) is 14.9. The summed E-state index contributed by atoms with van der Waals surface area (Å²) in [6.45, 7) is 8.10. The number of rotatable bonds is 9. The highest BCUT2D eigenvalue weighted by Crippen LogP contribution is 2.64. The molecule has 0 aliphatic heterocycles. The van der Waals surface area contributed by atoms with Crippen LogP contribution in [0.25, 0.3) is 0 Å². The smallest absolute Gasteiger partial charge is 0.417 e. The van der Waals surface area contributed by atoms with Crippen LogP contribution in [0.2, 0.25) is 0 Å². The van der Waals surface area contributed by atoms with Crippen molar-refractivity contribution in [1.29, 1.82) is 0 Å². The average molecular weight is 1010 g/mol. The Morgan fingerprint density at radius 3 is 1.14 bits per heavy atom. The predicted molar refractivity (Wildman–Crippen MR) is 265 cm³/mol. The van der Waals surface area contributed by atoms with Crippen molar-refractivity contribution in [3.8, 4) is 0 Å². The molecule has 69 heavy (non-hydrogen) atoms. The summed E-state index contributed by atoms with van der Waals surface area (Å²) in [4.78, 5) is 18.8. The molecule has 360 valence electrons. The van der Waals surface area contributed by atoms with Crippen LogP contribution in [0.1, 0.15) is 49.8 Å². The third-order valence-corrected chi connectivity index (χ3v) is 18.7. The van der Waals surface area contributed by atoms with Crippen LogP contribution >= 0.6 is 0 Å². The van der Waals surface area contributed by atoms with Gasteiger partial charge in [0.1, 0.15) is 15.9 Å². The Bertz CT molecular complexity index is 2790. The van der Waals surface area contributed by atoms with Gasteiger partial charge in [-0.25, -0.2) is 16.8 Å². The zero-order chi connectivity index (χ0) is 50.0. The summed E-state index contributed by atoms with van der Waals surface area (Å²) >= 11 is 0. The van der Waals surface area contributed by atoms with Crippen molar-refractivity contribution in [2.45, 2.75) is 87.4 Å². The number of aryl methyl sites for hydroxylation is 2. The molecule has 0 radical (unpaired) electrons. The Balaban J connectivity index is 0.000000153. The SMILES string of the molecule is CC1(C)C2CCC1(CS(=O)(=O)[O-])C(=O)C2.Cc1ccc([S+](c2ccccc2)c2ccccc2)cc1.Cc1ccc([S+](c2ccccc2)c2ccccc2)cc1.O=S(=O)([O-])c1ccccc1C(F)(F)F. The fraction of sp³-hybridized carbons (Fsp3) is 0.218.